The lowest BCUT2D eigenvalue weighted by atomic mass is 9.92. The van der Waals surface area contributed by atoms with E-state index in [0.717, 1.165) is 42.5 Å². The van der Waals surface area contributed by atoms with Crippen LogP contribution in [-0.2, 0) is 11.3 Å². The third kappa shape index (κ3) is 2.78. The van der Waals surface area contributed by atoms with Gasteiger partial charge in [-0.3, -0.25) is 4.90 Å². The molecule has 2 aromatic heterocycles. The summed E-state index contributed by atoms with van der Waals surface area (Å²) in [5.74, 6) is 1.73. The van der Waals surface area contributed by atoms with Gasteiger partial charge in [0, 0.05) is 17.6 Å². The molecule has 0 saturated carbocycles. The molecule has 0 N–H and O–H groups in total. The first-order chi connectivity index (χ1) is 10.3. The Labute approximate surface area is 128 Å². The third-order valence-electron chi connectivity index (χ3n) is 4.51. The van der Waals surface area contributed by atoms with Crippen LogP contribution in [-0.4, -0.2) is 29.1 Å². The van der Waals surface area contributed by atoms with E-state index < -0.39 is 0 Å². The summed E-state index contributed by atoms with van der Waals surface area (Å²) in [6, 6.07) is 4.00. The molecule has 0 aromatic carbocycles. The van der Waals surface area contributed by atoms with E-state index in [1.165, 1.54) is 6.42 Å². The highest BCUT2D eigenvalue weighted by molar-refractivity contribution is 7.09. The van der Waals surface area contributed by atoms with Crippen molar-refractivity contribution in [2.75, 3.05) is 13.1 Å². The summed E-state index contributed by atoms with van der Waals surface area (Å²) in [6.45, 7) is 5.08. The number of likely N-dealkylation sites (tertiary alicyclic amines) is 1. The van der Waals surface area contributed by atoms with Gasteiger partial charge in [0.2, 0.25) is 0 Å². The van der Waals surface area contributed by atoms with Crippen LogP contribution in [0.1, 0.15) is 35.4 Å². The molecule has 2 aromatic rings. The number of thiazole rings is 1. The maximum absolute atomic E-state index is 6.29. The molecule has 2 aliphatic heterocycles. The zero-order chi connectivity index (χ0) is 14.2. The minimum Gasteiger partial charge on any atom is -0.468 e. The average molecular weight is 304 g/mol. The second-order valence-corrected chi connectivity index (χ2v) is 6.98. The molecule has 112 valence electrons. The molecule has 2 fully saturated rings. The fraction of sp³-hybridized carbons (Fsp3) is 0.562. The van der Waals surface area contributed by atoms with E-state index in [0.29, 0.717) is 12.0 Å². The van der Waals surface area contributed by atoms with Crippen LogP contribution in [0.5, 0.6) is 0 Å². The van der Waals surface area contributed by atoms with Gasteiger partial charge in [0.25, 0.3) is 0 Å². The number of piperidine rings is 1. The number of hydrogen-bond donors (Lipinski definition) is 0. The normalized spacial score (nSPS) is 29.7. The molecule has 0 bridgehead atoms. The Morgan fingerprint density at radius 1 is 1.48 bits per heavy atom. The topological polar surface area (TPSA) is 38.5 Å². The minimum absolute atomic E-state index is 0.210. The van der Waals surface area contributed by atoms with Crippen LogP contribution in [0.15, 0.2) is 28.2 Å². The summed E-state index contributed by atoms with van der Waals surface area (Å²) < 4.78 is 11.7. The molecule has 0 aliphatic carbocycles. The highest BCUT2D eigenvalue weighted by Crippen LogP contribution is 2.41. The van der Waals surface area contributed by atoms with Gasteiger partial charge < -0.3 is 9.15 Å². The van der Waals surface area contributed by atoms with Gasteiger partial charge in [-0.1, -0.05) is 0 Å². The molecule has 0 unspecified atom stereocenters. The van der Waals surface area contributed by atoms with Crippen LogP contribution in [0.3, 0.4) is 0 Å². The first kappa shape index (κ1) is 13.5. The number of rotatable bonds is 3. The second kappa shape index (κ2) is 5.55. The SMILES string of the molecule is Cc1csc([C@@H]2C[C@@H]3CCN(Cc4ccco4)C[C@H]3O2)n1. The summed E-state index contributed by atoms with van der Waals surface area (Å²) in [5, 5.41) is 3.27. The van der Waals surface area contributed by atoms with Crippen LogP contribution in [0.4, 0.5) is 0 Å². The summed E-state index contributed by atoms with van der Waals surface area (Å²) in [6.07, 6.45) is 4.65. The Balaban J connectivity index is 1.40. The molecule has 3 atom stereocenters. The number of aryl methyl sites for hydroxylation is 1. The Morgan fingerprint density at radius 3 is 3.19 bits per heavy atom. The van der Waals surface area contributed by atoms with E-state index in [4.69, 9.17) is 9.15 Å². The Morgan fingerprint density at radius 2 is 2.43 bits per heavy atom. The summed E-state index contributed by atoms with van der Waals surface area (Å²) in [4.78, 5) is 7.04. The summed E-state index contributed by atoms with van der Waals surface area (Å²) in [7, 11) is 0. The standard InChI is InChI=1S/C16H20N2O2S/c1-11-10-21-16(17-11)14-7-12-4-5-18(9-15(12)20-14)8-13-3-2-6-19-13/h2-3,6,10,12,14-15H,4-5,7-9H2,1H3/t12-,14-,15+/m0/s1. The van der Waals surface area contributed by atoms with Crippen LogP contribution < -0.4 is 0 Å². The lowest BCUT2D eigenvalue weighted by molar-refractivity contribution is -0.0108. The maximum Gasteiger partial charge on any atom is 0.122 e. The van der Waals surface area contributed by atoms with Gasteiger partial charge in [0.15, 0.2) is 0 Å². The van der Waals surface area contributed by atoms with E-state index >= 15 is 0 Å². The zero-order valence-corrected chi connectivity index (χ0v) is 13.0. The molecule has 5 heteroatoms. The van der Waals surface area contributed by atoms with Gasteiger partial charge in [0.05, 0.1) is 18.9 Å². The Kier molecular flexibility index (Phi) is 3.57. The van der Waals surface area contributed by atoms with Crippen molar-refractivity contribution in [3.8, 4) is 0 Å². The van der Waals surface area contributed by atoms with Crippen molar-refractivity contribution >= 4 is 11.3 Å². The summed E-state index contributed by atoms with van der Waals surface area (Å²) in [5.41, 5.74) is 1.10. The fourth-order valence-corrected chi connectivity index (χ4v) is 4.28. The largest absolute Gasteiger partial charge is 0.468 e. The molecule has 0 spiro atoms. The van der Waals surface area contributed by atoms with Crippen molar-refractivity contribution in [1.82, 2.24) is 9.88 Å². The van der Waals surface area contributed by atoms with Crippen molar-refractivity contribution < 1.29 is 9.15 Å². The van der Waals surface area contributed by atoms with Gasteiger partial charge in [0.1, 0.15) is 16.9 Å². The molecule has 0 radical (unpaired) electrons. The average Bonchev–Trinajstić information content (AvgIpc) is 3.18. The highest BCUT2D eigenvalue weighted by Gasteiger charge is 2.40. The van der Waals surface area contributed by atoms with Crippen LogP contribution in [0.2, 0.25) is 0 Å². The molecule has 4 heterocycles. The zero-order valence-electron chi connectivity index (χ0n) is 12.2. The molecule has 2 saturated heterocycles. The molecule has 21 heavy (non-hydrogen) atoms. The molecule has 2 aliphatic rings. The number of ether oxygens (including phenoxy) is 1. The monoisotopic (exact) mass is 304 g/mol. The van der Waals surface area contributed by atoms with Crippen LogP contribution in [0.25, 0.3) is 0 Å². The van der Waals surface area contributed by atoms with Gasteiger partial charge in [-0.2, -0.15) is 0 Å². The number of aromatic nitrogens is 1. The van der Waals surface area contributed by atoms with Gasteiger partial charge in [-0.15, -0.1) is 11.3 Å². The second-order valence-electron chi connectivity index (χ2n) is 6.09. The quantitative estimate of drug-likeness (QED) is 0.871. The van der Waals surface area contributed by atoms with Gasteiger partial charge >= 0.3 is 0 Å². The number of furan rings is 1. The van der Waals surface area contributed by atoms with Crippen molar-refractivity contribution in [3.63, 3.8) is 0 Å². The lowest BCUT2D eigenvalue weighted by Crippen LogP contribution is -2.41. The maximum atomic E-state index is 6.29. The Hall–Kier alpha value is -1.17. The molecule has 4 rings (SSSR count). The number of nitrogens with zero attached hydrogens (tertiary/aromatic N) is 2. The first-order valence-corrected chi connectivity index (χ1v) is 8.48. The smallest absolute Gasteiger partial charge is 0.122 e. The number of fused-ring (bicyclic) bond motifs is 1. The van der Waals surface area contributed by atoms with E-state index in [9.17, 15) is 0 Å². The molecule has 0 amide bonds. The first-order valence-electron chi connectivity index (χ1n) is 7.60. The third-order valence-corrected chi connectivity index (χ3v) is 5.56. The predicted molar refractivity (Wildman–Crippen MR) is 81.2 cm³/mol. The van der Waals surface area contributed by atoms with E-state index in [2.05, 4.69) is 15.3 Å². The van der Waals surface area contributed by atoms with E-state index in [-0.39, 0.29) is 6.10 Å². The van der Waals surface area contributed by atoms with Crippen LogP contribution in [0, 0.1) is 12.8 Å². The van der Waals surface area contributed by atoms with Crippen molar-refractivity contribution in [2.45, 2.75) is 38.5 Å². The molecular formula is C16H20N2O2S. The molecule has 4 nitrogen and oxygen atoms in total. The van der Waals surface area contributed by atoms with E-state index in [1.807, 2.05) is 19.1 Å². The van der Waals surface area contributed by atoms with Crippen molar-refractivity contribution in [1.29, 1.82) is 0 Å². The van der Waals surface area contributed by atoms with E-state index in [1.54, 1.807) is 17.6 Å². The van der Waals surface area contributed by atoms with Crippen molar-refractivity contribution in [3.05, 3.63) is 40.2 Å². The van der Waals surface area contributed by atoms with Gasteiger partial charge in [-0.25, -0.2) is 4.98 Å². The Bertz CT molecular complexity index is 595. The summed E-state index contributed by atoms with van der Waals surface area (Å²) >= 11 is 1.73. The number of hydrogen-bond acceptors (Lipinski definition) is 5. The van der Waals surface area contributed by atoms with Gasteiger partial charge in [-0.05, 0) is 44.4 Å². The van der Waals surface area contributed by atoms with Crippen molar-refractivity contribution in [2.24, 2.45) is 5.92 Å². The minimum atomic E-state index is 0.210. The molecular weight excluding hydrogens is 284 g/mol. The predicted octanol–water partition coefficient (Wildman–Crippen LogP) is 3.40. The fourth-order valence-electron chi connectivity index (χ4n) is 3.44. The van der Waals surface area contributed by atoms with Crippen LogP contribution >= 0.6 is 11.3 Å². The lowest BCUT2D eigenvalue weighted by Gasteiger charge is -2.33. The highest BCUT2D eigenvalue weighted by atomic mass is 32.1.